The summed E-state index contributed by atoms with van der Waals surface area (Å²) in [7, 11) is -3.54. The summed E-state index contributed by atoms with van der Waals surface area (Å²) in [5, 5.41) is 2.83. The van der Waals surface area contributed by atoms with Crippen molar-refractivity contribution in [3.8, 4) is 0 Å². The van der Waals surface area contributed by atoms with Crippen molar-refractivity contribution in [2.24, 2.45) is 5.92 Å². The van der Waals surface area contributed by atoms with Crippen LogP contribution < -0.4 is 10.0 Å². The lowest BCUT2D eigenvalue weighted by Gasteiger charge is -2.23. The van der Waals surface area contributed by atoms with Gasteiger partial charge in [-0.05, 0) is 42.5 Å². The second kappa shape index (κ2) is 6.24. The number of nitrogens with one attached hydrogen (secondary N) is 2. The highest BCUT2D eigenvalue weighted by atomic mass is 32.2. The van der Waals surface area contributed by atoms with E-state index < -0.39 is 10.0 Å². The first kappa shape index (κ1) is 16.5. The molecule has 0 bridgehead atoms. The molecule has 1 fully saturated rings. The first-order valence-corrected chi connectivity index (χ1v) is 9.84. The number of benzene rings is 1. The molecule has 1 amide bonds. The van der Waals surface area contributed by atoms with Crippen molar-refractivity contribution in [1.29, 1.82) is 0 Å². The molecule has 0 spiro atoms. The number of amides is 1. The fourth-order valence-electron chi connectivity index (χ4n) is 3.60. The van der Waals surface area contributed by atoms with E-state index in [1.54, 1.807) is 18.2 Å². The molecule has 0 unspecified atom stereocenters. The standard InChI is InChI=1S/C17H24N2O3S/c1-11(2)16-14-10-13(8-9-15(14)18-17(16)20)23(21,22)19-12-6-4-3-5-7-12/h8-12,16,19H,3-7H2,1-2H3,(H,18,20)/t16-/m1/s1. The van der Waals surface area contributed by atoms with Crippen molar-refractivity contribution >= 4 is 21.6 Å². The van der Waals surface area contributed by atoms with Crippen LogP contribution in [0.3, 0.4) is 0 Å². The zero-order valence-corrected chi connectivity index (χ0v) is 14.4. The van der Waals surface area contributed by atoms with Crippen LogP contribution in [0.1, 0.15) is 57.4 Å². The van der Waals surface area contributed by atoms with Crippen molar-refractivity contribution in [2.75, 3.05) is 5.32 Å². The van der Waals surface area contributed by atoms with Gasteiger partial charge in [0.25, 0.3) is 0 Å². The van der Waals surface area contributed by atoms with Gasteiger partial charge >= 0.3 is 0 Å². The molecule has 0 aromatic heterocycles. The lowest BCUT2D eigenvalue weighted by Crippen LogP contribution is -2.36. The molecular formula is C17H24N2O3S. The zero-order chi connectivity index (χ0) is 16.6. The predicted octanol–water partition coefficient (Wildman–Crippen LogP) is 2.99. The minimum absolute atomic E-state index is 0.0302. The van der Waals surface area contributed by atoms with E-state index in [1.165, 1.54) is 6.42 Å². The molecule has 2 aliphatic rings. The van der Waals surface area contributed by atoms with Gasteiger partial charge in [0.1, 0.15) is 0 Å². The van der Waals surface area contributed by atoms with E-state index in [4.69, 9.17) is 0 Å². The first-order valence-electron chi connectivity index (χ1n) is 8.35. The Morgan fingerprint density at radius 2 is 1.87 bits per heavy atom. The van der Waals surface area contributed by atoms with E-state index in [9.17, 15) is 13.2 Å². The van der Waals surface area contributed by atoms with Gasteiger partial charge in [-0.15, -0.1) is 0 Å². The summed E-state index contributed by atoms with van der Waals surface area (Å²) >= 11 is 0. The second-order valence-electron chi connectivity index (χ2n) is 6.92. The highest BCUT2D eigenvalue weighted by molar-refractivity contribution is 7.89. The van der Waals surface area contributed by atoms with Gasteiger partial charge in [0.15, 0.2) is 0 Å². The first-order chi connectivity index (χ1) is 10.9. The highest BCUT2D eigenvalue weighted by Crippen LogP contribution is 2.38. The van der Waals surface area contributed by atoms with Crippen molar-refractivity contribution < 1.29 is 13.2 Å². The number of hydrogen-bond acceptors (Lipinski definition) is 3. The molecule has 0 saturated heterocycles. The summed E-state index contributed by atoms with van der Waals surface area (Å²) < 4.78 is 28.1. The molecule has 1 aliphatic carbocycles. The fourth-order valence-corrected chi connectivity index (χ4v) is 4.94. The molecule has 3 rings (SSSR count). The van der Waals surface area contributed by atoms with Gasteiger partial charge in [0.05, 0.1) is 10.8 Å². The smallest absolute Gasteiger partial charge is 0.240 e. The van der Waals surface area contributed by atoms with Gasteiger partial charge in [-0.1, -0.05) is 33.1 Å². The van der Waals surface area contributed by atoms with E-state index >= 15 is 0 Å². The van der Waals surface area contributed by atoms with Crippen LogP contribution in [0.2, 0.25) is 0 Å². The molecule has 1 atom stereocenters. The summed E-state index contributed by atoms with van der Waals surface area (Å²) in [6, 6.07) is 4.96. The number of hydrogen-bond donors (Lipinski definition) is 2. The summed E-state index contributed by atoms with van der Waals surface area (Å²) in [4.78, 5) is 12.3. The van der Waals surface area contributed by atoms with Crippen molar-refractivity contribution in [3.63, 3.8) is 0 Å². The van der Waals surface area contributed by atoms with Gasteiger partial charge in [-0.25, -0.2) is 13.1 Å². The zero-order valence-electron chi connectivity index (χ0n) is 13.6. The molecule has 23 heavy (non-hydrogen) atoms. The summed E-state index contributed by atoms with van der Waals surface area (Å²) in [6.07, 6.45) is 5.13. The minimum atomic E-state index is -3.54. The molecule has 1 saturated carbocycles. The Labute approximate surface area is 137 Å². The van der Waals surface area contributed by atoms with Crippen LogP contribution in [0.25, 0.3) is 0 Å². The van der Waals surface area contributed by atoms with E-state index in [0.29, 0.717) is 0 Å². The minimum Gasteiger partial charge on any atom is -0.325 e. The highest BCUT2D eigenvalue weighted by Gasteiger charge is 2.34. The van der Waals surface area contributed by atoms with Crippen LogP contribution in [0.4, 0.5) is 5.69 Å². The molecule has 126 valence electrons. The Morgan fingerprint density at radius 3 is 2.52 bits per heavy atom. The Bertz CT molecular complexity index is 707. The Hall–Kier alpha value is -1.40. The van der Waals surface area contributed by atoms with E-state index in [0.717, 1.165) is 36.9 Å². The molecular weight excluding hydrogens is 312 g/mol. The third-order valence-corrected chi connectivity index (χ3v) is 6.32. The SMILES string of the molecule is CC(C)[C@H]1C(=O)Nc2ccc(S(=O)(=O)NC3CCCCC3)cc21. The van der Waals surface area contributed by atoms with E-state index in [1.807, 2.05) is 13.8 Å². The molecule has 5 nitrogen and oxygen atoms in total. The van der Waals surface area contributed by atoms with Crippen LogP contribution in [0, 0.1) is 5.92 Å². The maximum atomic E-state index is 12.6. The molecule has 6 heteroatoms. The number of rotatable bonds is 4. The van der Waals surface area contributed by atoms with Gasteiger partial charge in [0, 0.05) is 11.7 Å². The van der Waals surface area contributed by atoms with E-state index in [2.05, 4.69) is 10.0 Å². The van der Waals surface area contributed by atoms with Gasteiger partial charge in [-0.3, -0.25) is 4.79 Å². The largest absolute Gasteiger partial charge is 0.325 e. The molecule has 0 radical (unpaired) electrons. The van der Waals surface area contributed by atoms with Crippen LogP contribution in [0.15, 0.2) is 23.1 Å². The third kappa shape index (κ3) is 3.28. The predicted molar refractivity (Wildman–Crippen MR) is 89.8 cm³/mol. The maximum Gasteiger partial charge on any atom is 0.240 e. The summed E-state index contributed by atoms with van der Waals surface area (Å²) in [6.45, 7) is 3.95. The van der Waals surface area contributed by atoms with Gasteiger partial charge < -0.3 is 5.32 Å². The lowest BCUT2D eigenvalue weighted by atomic mass is 9.90. The normalized spacial score (nSPS) is 22.2. The lowest BCUT2D eigenvalue weighted by molar-refractivity contribution is -0.117. The van der Waals surface area contributed by atoms with E-state index in [-0.39, 0.29) is 28.7 Å². The molecule has 1 heterocycles. The number of anilines is 1. The molecule has 1 aliphatic heterocycles. The number of fused-ring (bicyclic) bond motifs is 1. The summed E-state index contributed by atoms with van der Waals surface area (Å²) in [5.74, 6) is -0.208. The maximum absolute atomic E-state index is 12.6. The van der Waals surface area contributed by atoms with Gasteiger partial charge in [-0.2, -0.15) is 0 Å². The Morgan fingerprint density at radius 1 is 1.17 bits per heavy atom. The van der Waals surface area contributed by atoms with Gasteiger partial charge in [0.2, 0.25) is 15.9 Å². The van der Waals surface area contributed by atoms with Crippen LogP contribution in [-0.4, -0.2) is 20.4 Å². The molecule has 1 aromatic carbocycles. The van der Waals surface area contributed by atoms with Crippen LogP contribution in [0.5, 0.6) is 0 Å². The summed E-state index contributed by atoms with van der Waals surface area (Å²) in [5.41, 5.74) is 1.52. The monoisotopic (exact) mass is 336 g/mol. The topological polar surface area (TPSA) is 75.3 Å². The van der Waals surface area contributed by atoms with Crippen LogP contribution in [-0.2, 0) is 14.8 Å². The fraction of sp³-hybridized carbons (Fsp3) is 0.588. The quantitative estimate of drug-likeness (QED) is 0.887. The van der Waals surface area contributed by atoms with Crippen molar-refractivity contribution in [3.05, 3.63) is 23.8 Å². The second-order valence-corrected chi connectivity index (χ2v) is 8.63. The Kier molecular flexibility index (Phi) is 4.47. The Balaban J connectivity index is 1.88. The number of sulfonamides is 1. The number of carbonyl (C=O) groups is 1. The van der Waals surface area contributed by atoms with Crippen molar-refractivity contribution in [1.82, 2.24) is 4.72 Å². The molecule has 2 N–H and O–H groups in total. The third-order valence-electron chi connectivity index (χ3n) is 4.80. The van der Waals surface area contributed by atoms with Crippen LogP contribution >= 0.6 is 0 Å². The molecule has 1 aromatic rings. The number of carbonyl (C=O) groups excluding carboxylic acids is 1. The average Bonchev–Trinajstić information content (AvgIpc) is 2.82. The van der Waals surface area contributed by atoms with Crippen molar-refractivity contribution in [2.45, 2.75) is 62.8 Å². The average molecular weight is 336 g/mol.